The highest BCUT2D eigenvalue weighted by atomic mass is 16.7. The maximum atomic E-state index is 5.26. The molecule has 16 heavy (non-hydrogen) atoms. The van der Waals surface area contributed by atoms with Crippen molar-refractivity contribution in [2.75, 3.05) is 13.9 Å². The van der Waals surface area contributed by atoms with Gasteiger partial charge in [0, 0.05) is 7.11 Å². The van der Waals surface area contributed by atoms with Crippen LogP contribution in [-0.2, 0) is 16.1 Å². The molecule has 0 aliphatic heterocycles. The molecule has 0 radical (unpaired) electrons. The average Bonchev–Trinajstić information content (AvgIpc) is 2.32. The van der Waals surface area contributed by atoms with E-state index in [4.69, 9.17) is 9.47 Å². The van der Waals surface area contributed by atoms with Crippen LogP contribution in [0.1, 0.15) is 18.1 Å². The normalized spacial score (nSPS) is 11.6. The highest BCUT2D eigenvalue weighted by molar-refractivity contribution is 5.51. The molecule has 0 aliphatic carbocycles. The molecule has 0 N–H and O–H groups in total. The van der Waals surface area contributed by atoms with Crippen LogP contribution >= 0.6 is 0 Å². The molecule has 0 bridgehead atoms. The van der Waals surface area contributed by atoms with Gasteiger partial charge < -0.3 is 9.47 Å². The van der Waals surface area contributed by atoms with Crippen molar-refractivity contribution in [3.8, 4) is 0 Å². The number of allylic oxidation sites excluding steroid dienone is 3. The van der Waals surface area contributed by atoms with E-state index in [1.54, 1.807) is 7.11 Å². The molecule has 2 nitrogen and oxygen atoms in total. The molecule has 1 aromatic rings. The fraction of sp³-hybridized carbons (Fsp3) is 0.286. The molecule has 1 rings (SSSR count). The lowest BCUT2D eigenvalue weighted by Crippen LogP contribution is -1.96. The molecule has 0 saturated carbocycles. The van der Waals surface area contributed by atoms with Crippen LogP contribution in [0.2, 0.25) is 0 Å². The van der Waals surface area contributed by atoms with E-state index in [0.717, 1.165) is 5.56 Å². The summed E-state index contributed by atoms with van der Waals surface area (Å²) in [6, 6.07) is 8.27. The Morgan fingerprint density at radius 3 is 2.50 bits per heavy atom. The minimum atomic E-state index is 0.336. The minimum absolute atomic E-state index is 0.336. The van der Waals surface area contributed by atoms with Gasteiger partial charge in [-0.1, -0.05) is 48.6 Å². The van der Waals surface area contributed by atoms with Crippen molar-refractivity contribution in [1.29, 1.82) is 0 Å². The smallest absolute Gasteiger partial charge is 0.146 e. The molecule has 0 fully saturated rings. The Balaban J connectivity index is 2.47. The standard InChI is InChI=1S/C14H18O2/c1-3-4-5-6-13-7-9-14(10-8-13)11-16-12-15-2/h3-10H,11-12H2,1-2H3/b4-3+,6-5+. The molecule has 0 spiro atoms. The molecule has 0 amide bonds. The predicted molar refractivity (Wildman–Crippen MR) is 67.0 cm³/mol. The van der Waals surface area contributed by atoms with Gasteiger partial charge in [-0.25, -0.2) is 0 Å². The molecule has 0 unspecified atom stereocenters. The molecule has 2 heteroatoms. The van der Waals surface area contributed by atoms with Crippen LogP contribution in [-0.4, -0.2) is 13.9 Å². The maximum absolute atomic E-state index is 5.26. The first-order valence-corrected chi connectivity index (χ1v) is 5.32. The van der Waals surface area contributed by atoms with Crippen molar-refractivity contribution in [2.45, 2.75) is 13.5 Å². The zero-order valence-corrected chi connectivity index (χ0v) is 9.85. The predicted octanol–water partition coefficient (Wildman–Crippen LogP) is 3.40. The topological polar surface area (TPSA) is 18.5 Å². The Hall–Kier alpha value is -1.38. The van der Waals surface area contributed by atoms with Crippen LogP contribution in [0, 0.1) is 0 Å². The molecular formula is C14H18O2. The van der Waals surface area contributed by atoms with Gasteiger partial charge in [-0.15, -0.1) is 0 Å². The fourth-order valence-corrected chi connectivity index (χ4v) is 1.25. The lowest BCUT2D eigenvalue weighted by Gasteiger charge is -2.03. The van der Waals surface area contributed by atoms with Crippen LogP contribution in [0.25, 0.3) is 6.08 Å². The zero-order valence-electron chi connectivity index (χ0n) is 9.85. The summed E-state index contributed by atoms with van der Waals surface area (Å²) in [5.74, 6) is 0. The van der Waals surface area contributed by atoms with Gasteiger partial charge in [-0.05, 0) is 18.1 Å². The van der Waals surface area contributed by atoms with E-state index in [1.807, 2.05) is 25.2 Å². The summed E-state index contributed by atoms with van der Waals surface area (Å²) in [4.78, 5) is 0. The number of hydrogen-bond acceptors (Lipinski definition) is 2. The van der Waals surface area contributed by atoms with Gasteiger partial charge in [0.05, 0.1) is 6.61 Å². The Bertz CT molecular complexity index is 336. The summed E-state index contributed by atoms with van der Waals surface area (Å²) in [6.45, 7) is 2.93. The van der Waals surface area contributed by atoms with Crippen LogP contribution in [0.15, 0.2) is 42.5 Å². The lowest BCUT2D eigenvalue weighted by molar-refractivity contribution is -0.0390. The van der Waals surface area contributed by atoms with Gasteiger partial charge in [0.25, 0.3) is 0 Å². The summed E-state index contributed by atoms with van der Waals surface area (Å²) in [5, 5.41) is 0. The van der Waals surface area contributed by atoms with Gasteiger partial charge in [-0.3, -0.25) is 0 Å². The first-order valence-electron chi connectivity index (χ1n) is 5.32. The second-order valence-corrected chi connectivity index (χ2v) is 3.38. The summed E-state index contributed by atoms with van der Waals surface area (Å²) in [6.07, 6.45) is 8.11. The van der Waals surface area contributed by atoms with Gasteiger partial charge >= 0.3 is 0 Å². The molecule has 0 atom stereocenters. The molecule has 86 valence electrons. The summed E-state index contributed by atoms with van der Waals surface area (Å²) >= 11 is 0. The van der Waals surface area contributed by atoms with Crippen molar-refractivity contribution in [3.63, 3.8) is 0 Å². The van der Waals surface area contributed by atoms with Crippen LogP contribution < -0.4 is 0 Å². The highest BCUT2D eigenvalue weighted by Crippen LogP contribution is 2.07. The first-order chi connectivity index (χ1) is 7.86. The largest absolute Gasteiger partial charge is 0.359 e. The molecule has 0 saturated heterocycles. The van der Waals surface area contributed by atoms with E-state index in [9.17, 15) is 0 Å². The molecule has 0 aromatic heterocycles. The second kappa shape index (κ2) is 7.85. The lowest BCUT2D eigenvalue weighted by atomic mass is 10.1. The Labute approximate surface area is 97.2 Å². The summed E-state index contributed by atoms with van der Waals surface area (Å²) in [7, 11) is 1.62. The van der Waals surface area contributed by atoms with Gasteiger partial charge in [0.2, 0.25) is 0 Å². The average molecular weight is 218 g/mol. The minimum Gasteiger partial charge on any atom is -0.359 e. The number of hydrogen-bond donors (Lipinski definition) is 0. The third-order valence-corrected chi connectivity index (χ3v) is 2.04. The van der Waals surface area contributed by atoms with E-state index < -0.39 is 0 Å². The quantitative estimate of drug-likeness (QED) is 0.414. The van der Waals surface area contributed by atoms with E-state index in [2.05, 4.69) is 30.3 Å². The SMILES string of the molecule is C/C=C/C=C/c1ccc(COCOC)cc1. The molecular weight excluding hydrogens is 200 g/mol. The summed E-state index contributed by atoms with van der Waals surface area (Å²) in [5.41, 5.74) is 2.34. The van der Waals surface area contributed by atoms with Gasteiger partial charge in [0.1, 0.15) is 6.79 Å². The Kier molecular flexibility index (Phi) is 6.23. The van der Waals surface area contributed by atoms with E-state index in [-0.39, 0.29) is 0 Å². The molecule has 0 aliphatic rings. The van der Waals surface area contributed by atoms with Crippen molar-refractivity contribution >= 4 is 6.08 Å². The summed E-state index contributed by atoms with van der Waals surface area (Å²) < 4.78 is 10.1. The van der Waals surface area contributed by atoms with E-state index in [0.29, 0.717) is 13.4 Å². The number of ether oxygens (including phenoxy) is 2. The van der Waals surface area contributed by atoms with Crippen LogP contribution in [0.3, 0.4) is 0 Å². The second-order valence-electron chi connectivity index (χ2n) is 3.38. The maximum Gasteiger partial charge on any atom is 0.146 e. The van der Waals surface area contributed by atoms with Gasteiger partial charge in [0.15, 0.2) is 0 Å². The van der Waals surface area contributed by atoms with Crippen LogP contribution in [0.4, 0.5) is 0 Å². The van der Waals surface area contributed by atoms with E-state index >= 15 is 0 Å². The first kappa shape index (κ1) is 12.7. The van der Waals surface area contributed by atoms with Crippen LogP contribution in [0.5, 0.6) is 0 Å². The fourth-order valence-electron chi connectivity index (χ4n) is 1.25. The monoisotopic (exact) mass is 218 g/mol. The van der Waals surface area contributed by atoms with E-state index in [1.165, 1.54) is 5.56 Å². The van der Waals surface area contributed by atoms with Crippen molar-refractivity contribution < 1.29 is 9.47 Å². The number of methoxy groups -OCH3 is 1. The zero-order chi connectivity index (χ0) is 11.6. The van der Waals surface area contributed by atoms with Crippen molar-refractivity contribution in [2.24, 2.45) is 0 Å². The number of rotatable bonds is 6. The Morgan fingerprint density at radius 1 is 1.12 bits per heavy atom. The third kappa shape index (κ3) is 4.91. The van der Waals surface area contributed by atoms with Crippen molar-refractivity contribution in [3.05, 3.63) is 53.6 Å². The Morgan fingerprint density at radius 2 is 1.88 bits per heavy atom. The molecule has 0 heterocycles. The molecule has 1 aromatic carbocycles. The van der Waals surface area contributed by atoms with Crippen molar-refractivity contribution in [1.82, 2.24) is 0 Å². The highest BCUT2D eigenvalue weighted by Gasteiger charge is 1.92. The third-order valence-electron chi connectivity index (χ3n) is 2.04. The number of benzene rings is 1. The van der Waals surface area contributed by atoms with Gasteiger partial charge in [-0.2, -0.15) is 0 Å².